The molecule has 9 nitrogen and oxygen atoms in total. The first-order valence-corrected chi connectivity index (χ1v) is 6.29. The molecular formula is C12H10N2O7. The Morgan fingerprint density at radius 3 is 2.57 bits per heavy atom. The largest absolute Gasteiger partial charge is 0.433 e. The SMILES string of the molecule is O=C1CCCC2=C1C(c1ccc([N+](=O)[O-])o1)C([N+](=O)[O-])O2. The summed E-state index contributed by atoms with van der Waals surface area (Å²) in [5.74, 6) is -1.48. The van der Waals surface area contributed by atoms with Gasteiger partial charge in [-0.05, 0) is 12.5 Å². The van der Waals surface area contributed by atoms with Crippen molar-refractivity contribution in [3.05, 3.63) is 49.5 Å². The number of furan rings is 1. The fraction of sp³-hybridized carbons (Fsp3) is 0.417. The number of nitro groups is 2. The van der Waals surface area contributed by atoms with Crippen molar-refractivity contribution in [2.45, 2.75) is 31.4 Å². The molecule has 0 saturated carbocycles. The first-order chi connectivity index (χ1) is 9.99. The van der Waals surface area contributed by atoms with Gasteiger partial charge in [0.15, 0.2) is 11.7 Å². The third-order valence-electron chi connectivity index (χ3n) is 3.57. The quantitative estimate of drug-likeness (QED) is 0.615. The van der Waals surface area contributed by atoms with E-state index in [1.165, 1.54) is 6.07 Å². The normalized spacial score (nSPS) is 24.7. The van der Waals surface area contributed by atoms with Gasteiger partial charge in [0.2, 0.25) is 0 Å². The van der Waals surface area contributed by atoms with Crippen molar-refractivity contribution >= 4 is 11.7 Å². The van der Waals surface area contributed by atoms with Crippen LogP contribution in [0.15, 0.2) is 27.9 Å². The van der Waals surface area contributed by atoms with Crippen molar-refractivity contribution in [1.82, 2.24) is 0 Å². The Hall–Kier alpha value is -2.71. The third-order valence-corrected chi connectivity index (χ3v) is 3.57. The van der Waals surface area contributed by atoms with Gasteiger partial charge in [-0.25, -0.2) is 0 Å². The van der Waals surface area contributed by atoms with Gasteiger partial charge in [0, 0.05) is 12.8 Å². The van der Waals surface area contributed by atoms with E-state index < -0.39 is 27.9 Å². The van der Waals surface area contributed by atoms with E-state index in [0.29, 0.717) is 18.6 Å². The van der Waals surface area contributed by atoms with Crippen LogP contribution >= 0.6 is 0 Å². The Morgan fingerprint density at radius 2 is 1.95 bits per heavy atom. The molecule has 0 amide bonds. The number of hydrogen-bond acceptors (Lipinski definition) is 7. The van der Waals surface area contributed by atoms with Crippen LogP contribution in [0, 0.1) is 20.2 Å². The highest BCUT2D eigenvalue weighted by atomic mass is 16.7. The molecular weight excluding hydrogens is 284 g/mol. The van der Waals surface area contributed by atoms with E-state index in [4.69, 9.17) is 9.15 Å². The highest BCUT2D eigenvalue weighted by Crippen LogP contribution is 2.45. The first-order valence-electron chi connectivity index (χ1n) is 6.29. The summed E-state index contributed by atoms with van der Waals surface area (Å²) >= 11 is 0. The maximum Gasteiger partial charge on any atom is 0.433 e. The van der Waals surface area contributed by atoms with E-state index >= 15 is 0 Å². The standard InChI is InChI=1S/C12H10N2O7/c15-6-2-1-3-7-10(6)11(12(21-7)14(18)19)8-4-5-9(20-8)13(16)17/h4-5,11-12H,1-3H2. The smallest absolute Gasteiger partial charge is 0.433 e. The Morgan fingerprint density at radius 1 is 1.19 bits per heavy atom. The molecule has 21 heavy (non-hydrogen) atoms. The summed E-state index contributed by atoms with van der Waals surface area (Å²) in [6.45, 7) is 0. The lowest BCUT2D eigenvalue weighted by molar-refractivity contribution is -0.570. The first kappa shape index (κ1) is 13.3. The van der Waals surface area contributed by atoms with Crippen LogP contribution in [0.3, 0.4) is 0 Å². The summed E-state index contributed by atoms with van der Waals surface area (Å²) in [5.41, 5.74) is 0.215. The van der Waals surface area contributed by atoms with Crippen LogP contribution < -0.4 is 0 Å². The van der Waals surface area contributed by atoms with Gasteiger partial charge in [0.05, 0.1) is 16.6 Å². The van der Waals surface area contributed by atoms with Crippen LogP contribution in [0.25, 0.3) is 0 Å². The average Bonchev–Trinajstić information content (AvgIpc) is 3.02. The molecule has 2 atom stereocenters. The van der Waals surface area contributed by atoms with Gasteiger partial charge in [-0.1, -0.05) is 0 Å². The van der Waals surface area contributed by atoms with Crippen LogP contribution in [0.4, 0.5) is 5.88 Å². The minimum atomic E-state index is -1.48. The predicted octanol–water partition coefficient (Wildman–Crippen LogP) is 1.91. The van der Waals surface area contributed by atoms with E-state index in [0.717, 1.165) is 6.07 Å². The molecule has 1 aromatic heterocycles. The topological polar surface area (TPSA) is 126 Å². The van der Waals surface area contributed by atoms with Crippen LogP contribution in [0.1, 0.15) is 30.9 Å². The third kappa shape index (κ3) is 2.06. The highest BCUT2D eigenvalue weighted by molar-refractivity contribution is 5.98. The highest BCUT2D eigenvalue weighted by Gasteiger charge is 2.50. The van der Waals surface area contributed by atoms with E-state index in [1.807, 2.05) is 0 Å². The molecule has 110 valence electrons. The molecule has 2 aliphatic rings. The number of Topliss-reactive ketones (excluding diaryl/α,β-unsaturated/α-hetero) is 1. The molecule has 2 unspecified atom stereocenters. The molecule has 3 rings (SSSR count). The monoisotopic (exact) mass is 294 g/mol. The van der Waals surface area contributed by atoms with E-state index in [9.17, 15) is 25.0 Å². The predicted molar refractivity (Wildman–Crippen MR) is 65.9 cm³/mol. The van der Waals surface area contributed by atoms with Gasteiger partial charge >= 0.3 is 12.1 Å². The van der Waals surface area contributed by atoms with E-state index in [2.05, 4.69) is 0 Å². The van der Waals surface area contributed by atoms with Gasteiger partial charge in [-0.3, -0.25) is 25.0 Å². The van der Waals surface area contributed by atoms with Crippen molar-refractivity contribution in [1.29, 1.82) is 0 Å². The Bertz CT molecular complexity index is 675. The van der Waals surface area contributed by atoms with Crippen LogP contribution in [-0.4, -0.2) is 21.9 Å². The maximum absolute atomic E-state index is 12.0. The summed E-state index contributed by atoms with van der Waals surface area (Å²) in [4.78, 5) is 32.4. The minimum Gasteiger partial charge on any atom is -0.433 e. The van der Waals surface area contributed by atoms with Crippen molar-refractivity contribution in [3.63, 3.8) is 0 Å². The minimum absolute atomic E-state index is 0.00338. The zero-order valence-electron chi connectivity index (χ0n) is 10.7. The van der Waals surface area contributed by atoms with Gasteiger partial charge in [0.1, 0.15) is 16.4 Å². The zero-order chi connectivity index (χ0) is 15.1. The second kappa shape index (κ2) is 4.69. The summed E-state index contributed by atoms with van der Waals surface area (Å²) in [6, 6.07) is 2.39. The Kier molecular flexibility index (Phi) is 2.96. The maximum atomic E-state index is 12.0. The molecule has 0 aromatic carbocycles. The average molecular weight is 294 g/mol. The van der Waals surface area contributed by atoms with Gasteiger partial charge in [-0.15, -0.1) is 0 Å². The number of rotatable bonds is 3. The Balaban J connectivity index is 2.05. The lowest BCUT2D eigenvalue weighted by Crippen LogP contribution is -2.27. The molecule has 9 heteroatoms. The molecule has 1 aliphatic heterocycles. The number of allylic oxidation sites excluding steroid dienone is 1. The molecule has 1 aromatic rings. The molecule has 0 saturated heterocycles. The Labute approximate surface area is 117 Å². The molecule has 0 spiro atoms. The van der Waals surface area contributed by atoms with Crippen LogP contribution in [0.2, 0.25) is 0 Å². The van der Waals surface area contributed by atoms with Crippen molar-refractivity contribution in [3.8, 4) is 0 Å². The number of ketones is 1. The summed E-state index contributed by atoms with van der Waals surface area (Å²) < 4.78 is 10.3. The molecule has 0 fully saturated rings. The van der Waals surface area contributed by atoms with Crippen molar-refractivity contribution in [2.75, 3.05) is 0 Å². The number of hydrogen-bond donors (Lipinski definition) is 0. The van der Waals surface area contributed by atoms with E-state index in [-0.39, 0.29) is 23.5 Å². The van der Waals surface area contributed by atoms with Crippen LogP contribution in [0.5, 0.6) is 0 Å². The number of carbonyl (C=O) groups excluding carboxylic acids is 1. The van der Waals surface area contributed by atoms with Gasteiger partial charge in [0.25, 0.3) is 0 Å². The number of nitrogens with zero attached hydrogens (tertiary/aromatic N) is 2. The number of ether oxygens (including phenoxy) is 1. The fourth-order valence-electron chi connectivity index (χ4n) is 2.72. The van der Waals surface area contributed by atoms with Crippen molar-refractivity contribution < 1.29 is 23.8 Å². The lowest BCUT2D eigenvalue weighted by Gasteiger charge is -2.12. The lowest BCUT2D eigenvalue weighted by atomic mass is 9.86. The summed E-state index contributed by atoms with van der Waals surface area (Å²) in [6.07, 6.45) is -0.174. The molecule has 0 N–H and O–H groups in total. The summed E-state index contributed by atoms with van der Waals surface area (Å²) in [7, 11) is 0. The summed E-state index contributed by atoms with van der Waals surface area (Å²) in [5, 5.41) is 21.8. The number of carbonyl (C=O) groups is 1. The molecule has 2 heterocycles. The molecule has 0 bridgehead atoms. The molecule has 1 aliphatic carbocycles. The zero-order valence-corrected chi connectivity index (χ0v) is 10.7. The van der Waals surface area contributed by atoms with Crippen LogP contribution in [-0.2, 0) is 9.53 Å². The van der Waals surface area contributed by atoms with E-state index in [1.54, 1.807) is 0 Å². The fourth-order valence-corrected chi connectivity index (χ4v) is 2.72. The van der Waals surface area contributed by atoms with Gasteiger partial charge in [-0.2, -0.15) is 0 Å². The second-order valence-corrected chi connectivity index (χ2v) is 4.82. The van der Waals surface area contributed by atoms with Gasteiger partial charge < -0.3 is 9.15 Å². The second-order valence-electron chi connectivity index (χ2n) is 4.82. The van der Waals surface area contributed by atoms with Crippen molar-refractivity contribution in [2.24, 2.45) is 0 Å². The molecule has 0 radical (unpaired) electrons.